The molecule has 0 aliphatic rings. The molecule has 0 unspecified atom stereocenters. The van der Waals surface area contributed by atoms with Gasteiger partial charge in [0, 0.05) is 12.0 Å². The largest absolute Gasteiger partial charge is 0.416 e. The minimum atomic E-state index is -4.58. The number of hydrogen-bond acceptors (Lipinski definition) is 1. The molecule has 1 nitrogen and oxygen atoms in total. The van der Waals surface area contributed by atoms with E-state index in [2.05, 4.69) is 0 Å². The number of aldehydes is 1. The van der Waals surface area contributed by atoms with E-state index in [1.54, 1.807) is 0 Å². The number of benzene rings is 1. The van der Waals surface area contributed by atoms with E-state index in [0.717, 1.165) is 18.2 Å². The number of hydrogen-bond donors (Lipinski definition) is 0. The Kier molecular flexibility index (Phi) is 3.44. The van der Waals surface area contributed by atoms with Crippen LogP contribution in [0.5, 0.6) is 0 Å². The van der Waals surface area contributed by atoms with E-state index in [1.165, 1.54) is 0 Å². The zero-order valence-electron chi connectivity index (χ0n) is 7.64. The number of carbonyl (C=O) groups excluding carboxylic acids is 1. The Morgan fingerprint density at radius 1 is 1.27 bits per heavy atom. The first-order valence-electron chi connectivity index (χ1n) is 4.25. The molecule has 1 aromatic carbocycles. The fraction of sp³-hybridized carbons (Fsp3) is 0.300. The van der Waals surface area contributed by atoms with Gasteiger partial charge in [0.25, 0.3) is 0 Å². The highest BCUT2D eigenvalue weighted by Gasteiger charge is 2.33. The summed E-state index contributed by atoms with van der Waals surface area (Å²) in [7, 11) is 0. The lowest BCUT2D eigenvalue weighted by Gasteiger charge is -2.12. The summed E-state index contributed by atoms with van der Waals surface area (Å²) in [5, 5.41) is 0. The lowest BCUT2D eigenvalue weighted by atomic mass is 10.0. The van der Waals surface area contributed by atoms with Crippen LogP contribution in [0.3, 0.4) is 0 Å². The molecular weight excluding hydrogens is 212 g/mol. The molecule has 0 fully saturated rings. The molecule has 1 rings (SSSR count). The third-order valence-corrected chi connectivity index (χ3v) is 1.94. The molecule has 0 spiro atoms. The first-order chi connectivity index (χ1) is 6.96. The Bertz CT molecular complexity index is 357. The summed E-state index contributed by atoms with van der Waals surface area (Å²) in [6.45, 7) is 0. The van der Waals surface area contributed by atoms with Crippen LogP contribution in [0.1, 0.15) is 17.5 Å². The first kappa shape index (κ1) is 11.7. The van der Waals surface area contributed by atoms with Gasteiger partial charge in [0.15, 0.2) is 0 Å². The monoisotopic (exact) mass is 220 g/mol. The van der Waals surface area contributed by atoms with Gasteiger partial charge in [-0.2, -0.15) is 13.2 Å². The van der Waals surface area contributed by atoms with E-state index in [-0.39, 0.29) is 12.8 Å². The van der Waals surface area contributed by atoms with Gasteiger partial charge in [-0.3, -0.25) is 0 Å². The van der Waals surface area contributed by atoms with E-state index >= 15 is 0 Å². The highest BCUT2D eigenvalue weighted by molar-refractivity contribution is 5.50. The molecule has 0 radical (unpaired) electrons. The highest BCUT2D eigenvalue weighted by atomic mass is 19.4. The summed E-state index contributed by atoms with van der Waals surface area (Å²) >= 11 is 0. The molecule has 0 aromatic heterocycles. The van der Waals surface area contributed by atoms with Gasteiger partial charge in [0.1, 0.15) is 12.1 Å². The molecule has 0 saturated carbocycles. The number of alkyl halides is 3. The molecule has 0 bridgehead atoms. The van der Waals surface area contributed by atoms with Crippen molar-refractivity contribution < 1.29 is 22.4 Å². The van der Waals surface area contributed by atoms with Gasteiger partial charge in [-0.05, 0) is 18.6 Å². The Morgan fingerprint density at radius 2 is 1.93 bits per heavy atom. The molecule has 0 aliphatic carbocycles. The van der Waals surface area contributed by atoms with Gasteiger partial charge < -0.3 is 4.79 Å². The van der Waals surface area contributed by atoms with Crippen LogP contribution < -0.4 is 0 Å². The Balaban J connectivity index is 3.14. The van der Waals surface area contributed by atoms with Crippen molar-refractivity contribution in [2.24, 2.45) is 0 Å². The highest BCUT2D eigenvalue weighted by Crippen LogP contribution is 2.33. The second-order valence-corrected chi connectivity index (χ2v) is 2.97. The average Bonchev–Trinajstić information content (AvgIpc) is 2.14. The minimum Gasteiger partial charge on any atom is -0.303 e. The van der Waals surface area contributed by atoms with Gasteiger partial charge in [0.2, 0.25) is 0 Å². The van der Waals surface area contributed by atoms with Gasteiger partial charge in [-0.15, -0.1) is 0 Å². The van der Waals surface area contributed by atoms with Crippen molar-refractivity contribution in [2.75, 3.05) is 0 Å². The summed E-state index contributed by atoms with van der Waals surface area (Å²) in [5.41, 5.74) is -1.46. The van der Waals surface area contributed by atoms with Crippen LogP contribution in [0.25, 0.3) is 0 Å². The lowest BCUT2D eigenvalue weighted by Crippen LogP contribution is -2.11. The smallest absolute Gasteiger partial charge is 0.303 e. The van der Waals surface area contributed by atoms with E-state index in [9.17, 15) is 22.4 Å². The van der Waals surface area contributed by atoms with Crippen LogP contribution in [0.4, 0.5) is 17.6 Å². The summed E-state index contributed by atoms with van der Waals surface area (Å²) in [4.78, 5) is 10.0. The fourth-order valence-electron chi connectivity index (χ4n) is 1.28. The van der Waals surface area contributed by atoms with E-state index < -0.39 is 23.1 Å². The van der Waals surface area contributed by atoms with Gasteiger partial charge in [0.05, 0.1) is 5.56 Å². The molecular formula is C10H8F4O. The van der Waals surface area contributed by atoms with Crippen LogP contribution in [0.2, 0.25) is 0 Å². The second kappa shape index (κ2) is 4.42. The molecule has 0 atom stereocenters. The standard InChI is InChI=1S/C10H8F4O/c11-9-5-1-4-8(10(12,13)14)7(9)3-2-6-15/h1,4-6H,2-3H2. The van der Waals surface area contributed by atoms with Crippen LogP contribution in [-0.4, -0.2) is 6.29 Å². The van der Waals surface area contributed by atoms with Gasteiger partial charge >= 0.3 is 6.18 Å². The van der Waals surface area contributed by atoms with Crippen molar-refractivity contribution in [3.8, 4) is 0 Å². The van der Waals surface area contributed by atoms with Gasteiger partial charge in [-0.1, -0.05) is 6.07 Å². The molecule has 15 heavy (non-hydrogen) atoms. The lowest BCUT2D eigenvalue weighted by molar-refractivity contribution is -0.138. The van der Waals surface area contributed by atoms with Crippen molar-refractivity contribution in [1.82, 2.24) is 0 Å². The van der Waals surface area contributed by atoms with E-state index in [0.29, 0.717) is 6.29 Å². The number of halogens is 4. The minimum absolute atomic E-state index is 0.121. The normalized spacial score (nSPS) is 11.5. The Hall–Kier alpha value is -1.39. The van der Waals surface area contributed by atoms with Crippen molar-refractivity contribution in [3.63, 3.8) is 0 Å². The first-order valence-corrected chi connectivity index (χ1v) is 4.25. The molecule has 0 amide bonds. The van der Waals surface area contributed by atoms with E-state index in [1.807, 2.05) is 0 Å². The summed E-state index contributed by atoms with van der Waals surface area (Å²) < 4.78 is 50.3. The molecule has 82 valence electrons. The topological polar surface area (TPSA) is 17.1 Å². The average molecular weight is 220 g/mol. The Morgan fingerprint density at radius 3 is 2.47 bits per heavy atom. The fourth-order valence-corrected chi connectivity index (χ4v) is 1.28. The van der Waals surface area contributed by atoms with Crippen LogP contribution in [0.15, 0.2) is 18.2 Å². The maximum Gasteiger partial charge on any atom is 0.416 e. The maximum absolute atomic E-state index is 13.1. The molecule has 1 aromatic rings. The summed E-state index contributed by atoms with van der Waals surface area (Å²) in [6.07, 6.45) is -4.47. The van der Waals surface area contributed by atoms with E-state index in [4.69, 9.17) is 0 Å². The van der Waals surface area contributed by atoms with Crippen molar-refractivity contribution in [1.29, 1.82) is 0 Å². The van der Waals surface area contributed by atoms with Crippen molar-refractivity contribution in [2.45, 2.75) is 19.0 Å². The zero-order chi connectivity index (χ0) is 11.5. The zero-order valence-corrected chi connectivity index (χ0v) is 7.64. The third-order valence-electron chi connectivity index (χ3n) is 1.94. The van der Waals surface area contributed by atoms with Crippen LogP contribution >= 0.6 is 0 Å². The van der Waals surface area contributed by atoms with Crippen LogP contribution in [-0.2, 0) is 17.4 Å². The summed E-state index contributed by atoms with van der Waals surface area (Å²) in [6, 6.07) is 2.77. The second-order valence-electron chi connectivity index (χ2n) is 2.97. The molecule has 5 heteroatoms. The number of carbonyl (C=O) groups is 1. The third kappa shape index (κ3) is 2.78. The summed E-state index contributed by atoms with van der Waals surface area (Å²) in [5.74, 6) is -0.924. The molecule has 0 N–H and O–H groups in total. The molecule has 0 saturated heterocycles. The predicted octanol–water partition coefficient (Wildman–Crippen LogP) is 2.98. The quantitative estimate of drug-likeness (QED) is 0.565. The van der Waals surface area contributed by atoms with Gasteiger partial charge in [-0.25, -0.2) is 4.39 Å². The number of rotatable bonds is 3. The SMILES string of the molecule is O=CCCc1c(F)cccc1C(F)(F)F. The van der Waals surface area contributed by atoms with Crippen molar-refractivity contribution >= 4 is 6.29 Å². The van der Waals surface area contributed by atoms with Crippen molar-refractivity contribution in [3.05, 3.63) is 35.1 Å². The Labute approximate surface area is 83.7 Å². The molecule has 0 aliphatic heterocycles. The predicted molar refractivity (Wildman–Crippen MR) is 45.8 cm³/mol. The van der Waals surface area contributed by atoms with Crippen LogP contribution in [0, 0.1) is 5.82 Å². The maximum atomic E-state index is 13.1. The molecule has 0 heterocycles.